The van der Waals surface area contributed by atoms with Gasteiger partial charge in [0.1, 0.15) is 18.1 Å². The third-order valence-electron chi connectivity index (χ3n) is 4.00. The van der Waals surface area contributed by atoms with Crippen molar-refractivity contribution < 1.29 is 19.1 Å². The highest BCUT2D eigenvalue weighted by atomic mass is 16.5. The minimum absolute atomic E-state index is 0.181. The maximum atomic E-state index is 12.2. The number of hydrogen-bond acceptors (Lipinski definition) is 4. The van der Waals surface area contributed by atoms with E-state index in [2.05, 4.69) is 0 Å². The number of benzene rings is 3. The molecule has 0 aliphatic rings. The lowest BCUT2D eigenvalue weighted by atomic mass is 10.1. The van der Waals surface area contributed by atoms with Crippen molar-refractivity contribution in [2.75, 3.05) is 0 Å². The van der Waals surface area contributed by atoms with Gasteiger partial charge in [-0.05, 0) is 36.3 Å². The average molecular weight is 372 g/mol. The van der Waals surface area contributed by atoms with Crippen LogP contribution < -0.4 is 9.47 Å². The zero-order valence-electron chi connectivity index (χ0n) is 15.5. The normalized spacial score (nSPS) is 10.6. The zero-order valence-corrected chi connectivity index (χ0v) is 15.5. The van der Waals surface area contributed by atoms with Gasteiger partial charge in [0.25, 0.3) is 0 Å². The molecule has 140 valence electrons. The van der Waals surface area contributed by atoms with Crippen LogP contribution in [0.25, 0.3) is 6.08 Å². The summed E-state index contributed by atoms with van der Waals surface area (Å²) in [5.74, 6) is -0.0551. The van der Waals surface area contributed by atoms with Crippen molar-refractivity contribution in [3.8, 4) is 11.5 Å². The first-order valence-electron chi connectivity index (χ1n) is 8.88. The lowest BCUT2D eigenvalue weighted by molar-refractivity contribution is -0.128. The van der Waals surface area contributed by atoms with Gasteiger partial charge in [0.05, 0.1) is 5.56 Å². The van der Waals surface area contributed by atoms with Gasteiger partial charge in [-0.25, -0.2) is 4.79 Å². The first-order valence-corrected chi connectivity index (χ1v) is 8.88. The SMILES string of the molecule is CC(=O)c1ccc(OCc2ccccc2)cc1OC(=O)/C=C/c1ccccc1. The van der Waals surface area contributed by atoms with Crippen LogP contribution in [0.5, 0.6) is 11.5 Å². The molecule has 0 atom stereocenters. The largest absolute Gasteiger partial charge is 0.489 e. The molecule has 4 heteroatoms. The summed E-state index contributed by atoms with van der Waals surface area (Å²) in [7, 11) is 0. The Kier molecular flexibility index (Phi) is 6.37. The number of carbonyl (C=O) groups is 2. The fraction of sp³-hybridized carbons (Fsp3) is 0.0833. The van der Waals surface area contributed by atoms with E-state index in [0.717, 1.165) is 11.1 Å². The number of carbonyl (C=O) groups excluding carboxylic acids is 2. The van der Waals surface area contributed by atoms with E-state index in [1.165, 1.54) is 13.0 Å². The van der Waals surface area contributed by atoms with Crippen LogP contribution in [0, 0.1) is 0 Å². The fourth-order valence-corrected chi connectivity index (χ4v) is 2.58. The third-order valence-corrected chi connectivity index (χ3v) is 4.00. The molecule has 3 rings (SSSR count). The maximum absolute atomic E-state index is 12.2. The average Bonchev–Trinajstić information content (AvgIpc) is 2.72. The van der Waals surface area contributed by atoms with Gasteiger partial charge in [0.2, 0.25) is 0 Å². The lowest BCUT2D eigenvalue weighted by Crippen LogP contribution is -2.08. The molecule has 0 aromatic heterocycles. The Labute approximate surface area is 164 Å². The molecule has 0 fully saturated rings. The van der Waals surface area contributed by atoms with Crippen LogP contribution in [0.3, 0.4) is 0 Å². The Morgan fingerprint density at radius 1 is 0.893 bits per heavy atom. The van der Waals surface area contributed by atoms with Gasteiger partial charge >= 0.3 is 5.97 Å². The van der Waals surface area contributed by atoms with Crippen LogP contribution in [-0.4, -0.2) is 11.8 Å². The first kappa shape index (κ1) is 19.1. The van der Waals surface area contributed by atoms with Crippen LogP contribution in [-0.2, 0) is 11.4 Å². The van der Waals surface area contributed by atoms with Crippen molar-refractivity contribution in [1.29, 1.82) is 0 Å². The molecule has 0 saturated heterocycles. The van der Waals surface area contributed by atoms with E-state index in [9.17, 15) is 9.59 Å². The summed E-state index contributed by atoms with van der Waals surface area (Å²) in [6.07, 6.45) is 2.99. The second-order valence-electron chi connectivity index (χ2n) is 6.15. The number of Topliss-reactive ketones (excluding diaryl/α,β-unsaturated/α-hetero) is 1. The number of hydrogen-bond donors (Lipinski definition) is 0. The Bertz CT molecular complexity index is 976. The molecule has 0 aliphatic heterocycles. The molecule has 0 spiro atoms. The van der Waals surface area contributed by atoms with E-state index in [4.69, 9.17) is 9.47 Å². The first-order chi connectivity index (χ1) is 13.6. The van der Waals surface area contributed by atoms with Crippen LogP contribution in [0.2, 0.25) is 0 Å². The molecule has 0 radical (unpaired) electrons. The molecular formula is C24H20O4. The van der Waals surface area contributed by atoms with Gasteiger partial charge in [0.15, 0.2) is 5.78 Å². The van der Waals surface area contributed by atoms with Gasteiger partial charge in [-0.15, -0.1) is 0 Å². The van der Waals surface area contributed by atoms with Gasteiger partial charge in [-0.1, -0.05) is 60.7 Å². The summed E-state index contributed by atoms with van der Waals surface area (Å²) in [6.45, 7) is 1.80. The van der Waals surface area contributed by atoms with Crippen LogP contribution in [0.1, 0.15) is 28.4 Å². The minimum atomic E-state index is -0.563. The number of esters is 1. The Hall–Kier alpha value is -3.66. The second-order valence-corrected chi connectivity index (χ2v) is 6.15. The van der Waals surface area contributed by atoms with Crippen molar-refractivity contribution >= 4 is 17.8 Å². The highest BCUT2D eigenvalue weighted by Gasteiger charge is 2.13. The molecule has 0 saturated carbocycles. The standard InChI is InChI=1S/C24H20O4/c1-18(25)22-14-13-21(27-17-20-10-6-3-7-11-20)16-23(22)28-24(26)15-12-19-8-4-2-5-9-19/h2-16H,17H2,1H3/b15-12+. The smallest absolute Gasteiger partial charge is 0.336 e. The van der Waals surface area contributed by atoms with Crippen molar-refractivity contribution in [3.05, 3.63) is 102 Å². The van der Waals surface area contributed by atoms with Crippen molar-refractivity contribution in [1.82, 2.24) is 0 Å². The van der Waals surface area contributed by atoms with E-state index in [1.54, 1.807) is 24.3 Å². The maximum Gasteiger partial charge on any atom is 0.336 e. The number of ether oxygens (including phenoxy) is 2. The van der Waals surface area contributed by atoms with E-state index >= 15 is 0 Å². The van der Waals surface area contributed by atoms with Crippen LogP contribution in [0.15, 0.2) is 84.9 Å². The van der Waals surface area contributed by atoms with Gasteiger partial charge in [-0.3, -0.25) is 4.79 Å². The van der Waals surface area contributed by atoms with Crippen molar-refractivity contribution in [3.63, 3.8) is 0 Å². The highest BCUT2D eigenvalue weighted by Crippen LogP contribution is 2.26. The monoisotopic (exact) mass is 372 g/mol. The quantitative estimate of drug-likeness (QED) is 0.251. The Balaban J connectivity index is 1.73. The van der Waals surface area contributed by atoms with Gasteiger partial charge in [-0.2, -0.15) is 0 Å². The van der Waals surface area contributed by atoms with Crippen LogP contribution in [0.4, 0.5) is 0 Å². The van der Waals surface area contributed by atoms with Gasteiger partial charge < -0.3 is 9.47 Å². The lowest BCUT2D eigenvalue weighted by Gasteiger charge is -2.11. The molecule has 0 aliphatic carbocycles. The summed E-state index contributed by atoms with van der Waals surface area (Å²) >= 11 is 0. The van der Waals surface area contributed by atoms with E-state index < -0.39 is 5.97 Å². The van der Waals surface area contributed by atoms with Crippen LogP contribution >= 0.6 is 0 Å². The summed E-state index contributed by atoms with van der Waals surface area (Å²) in [5.41, 5.74) is 2.22. The summed E-state index contributed by atoms with van der Waals surface area (Å²) in [6, 6.07) is 24.0. The minimum Gasteiger partial charge on any atom is -0.489 e. The second kappa shape index (κ2) is 9.33. The zero-order chi connectivity index (χ0) is 19.8. The molecule has 3 aromatic rings. The highest BCUT2D eigenvalue weighted by molar-refractivity contribution is 5.98. The molecule has 0 heterocycles. The molecule has 28 heavy (non-hydrogen) atoms. The van der Waals surface area contributed by atoms with E-state index in [1.807, 2.05) is 60.7 Å². The predicted molar refractivity (Wildman–Crippen MR) is 108 cm³/mol. The van der Waals surface area contributed by atoms with E-state index in [0.29, 0.717) is 17.9 Å². The predicted octanol–water partition coefficient (Wildman–Crippen LogP) is 5.09. The third kappa shape index (κ3) is 5.42. The van der Waals surface area contributed by atoms with E-state index in [-0.39, 0.29) is 11.5 Å². The molecule has 3 aromatic carbocycles. The summed E-state index contributed by atoms with van der Waals surface area (Å²) < 4.78 is 11.2. The molecule has 0 unspecified atom stereocenters. The summed E-state index contributed by atoms with van der Waals surface area (Å²) in [5, 5.41) is 0. The van der Waals surface area contributed by atoms with Crippen molar-refractivity contribution in [2.24, 2.45) is 0 Å². The number of ketones is 1. The molecular weight excluding hydrogens is 352 g/mol. The molecule has 0 N–H and O–H groups in total. The molecule has 0 amide bonds. The molecule has 0 bridgehead atoms. The van der Waals surface area contributed by atoms with Gasteiger partial charge in [0, 0.05) is 12.1 Å². The van der Waals surface area contributed by atoms with Crippen molar-refractivity contribution in [2.45, 2.75) is 13.5 Å². The fourth-order valence-electron chi connectivity index (χ4n) is 2.58. The number of rotatable bonds is 7. The Morgan fingerprint density at radius 3 is 2.25 bits per heavy atom. The Morgan fingerprint density at radius 2 is 1.57 bits per heavy atom. The topological polar surface area (TPSA) is 52.6 Å². The summed E-state index contributed by atoms with van der Waals surface area (Å²) in [4.78, 5) is 24.1. The molecule has 4 nitrogen and oxygen atoms in total.